The van der Waals surface area contributed by atoms with E-state index in [9.17, 15) is 4.79 Å². The minimum atomic E-state index is -0.101. The zero-order chi connectivity index (χ0) is 21.5. The van der Waals surface area contributed by atoms with Crippen LogP contribution in [0.4, 0.5) is 0 Å². The lowest BCUT2D eigenvalue weighted by molar-refractivity contribution is 0.0299. The highest BCUT2D eigenvalue weighted by molar-refractivity contribution is 6.30. The number of carbonyl (C=O) groups is 1. The molecule has 1 aromatic heterocycles. The molecule has 4 rings (SSSR count). The van der Waals surface area contributed by atoms with Crippen LogP contribution < -0.4 is 0 Å². The van der Waals surface area contributed by atoms with Gasteiger partial charge in [0.25, 0.3) is 5.91 Å². The summed E-state index contributed by atoms with van der Waals surface area (Å²) in [6, 6.07) is 7.88. The van der Waals surface area contributed by atoms with Crippen molar-refractivity contribution in [2.45, 2.75) is 13.1 Å². The van der Waals surface area contributed by atoms with E-state index in [-0.39, 0.29) is 5.91 Å². The molecule has 0 bridgehead atoms. The van der Waals surface area contributed by atoms with Crippen LogP contribution in [0.3, 0.4) is 0 Å². The zero-order valence-electron chi connectivity index (χ0n) is 17.7. The van der Waals surface area contributed by atoms with E-state index < -0.39 is 0 Å². The molecule has 2 aromatic rings. The number of aromatic nitrogens is 1. The molecule has 168 valence electrons. The summed E-state index contributed by atoms with van der Waals surface area (Å²) in [5, 5.41) is 0.725. The fraction of sp³-hybridized carbons (Fsp3) is 0.545. The van der Waals surface area contributed by atoms with Crippen molar-refractivity contribution in [1.82, 2.24) is 19.7 Å². The number of amides is 1. The van der Waals surface area contributed by atoms with Crippen molar-refractivity contribution >= 4 is 17.5 Å². The first kappa shape index (κ1) is 22.2. The summed E-state index contributed by atoms with van der Waals surface area (Å²) in [6.07, 6.45) is 1.47. The van der Waals surface area contributed by atoms with E-state index in [1.165, 1.54) is 11.8 Å². The van der Waals surface area contributed by atoms with Crippen molar-refractivity contribution in [1.29, 1.82) is 0 Å². The number of halogens is 1. The van der Waals surface area contributed by atoms with Crippen LogP contribution in [0.15, 0.2) is 34.9 Å². The monoisotopic (exact) mass is 448 g/mol. The molecule has 1 amide bonds. The van der Waals surface area contributed by atoms with Gasteiger partial charge < -0.3 is 18.8 Å². The summed E-state index contributed by atoms with van der Waals surface area (Å²) >= 11 is 6.04. The van der Waals surface area contributed by atoms with Gasteiger partial charge in [0.1, 0.15) is 6.26 Å². The van der Waals surface area contributed by atoms with E-state index in [0.717, 1.165) is 51.0 Å². The van der Waals surface area contributed by atoms with Gasteiger partial charge in [-0.25, -0.2) is 4.98 Å². The summed E-state index contributed by atoms with van der Waals surface area (Å²) in [4.78, 5) is 23.6. The molecule has 0 atom stereocenters. The third-order valence-corrected chi connectivity index (χ3v) is 5.84. The Bertz CT molecular complexity index is 832. The number of morpholine rings is 2. The van der Waals surface area contributed by atoms with E-state index in [0.29, 0.717) is 44.4 Å². The van der Waals surface area contributed by atoms with Crippen molar-refractivity contribution in [3.63, 3.8) is 0 Å². The van der Waals surface area contributed by atoms with Crippen LogP contribution in [0.1, 0.15) is 21.9 Å². The lowest BCUT2D eigenvalue weighted by atomic mass is 10.2. The molecule has 0 unspecified atom stereocenters. The Morgan fingerprint density at radius 3 is 2.39 bits per heavy atom. The van der Waals surface area contributed by atoms with E-state index in [1.54, 1.807) is 4.90 Å². The SMILES string of the molecule is O=C(c1coc(CN(CCN2CCOCC2)Cc2ccc(Cl)cc2)n1)N1CCOCC1. The summed E-state index contributed by atoms with van der Waals surface area (Å²) in [5.41, 5.74) is 1.53. The quantitative estimate of drug-likeness (QED) is 0.612. The number of rotatable bonds is 8. The fourth-order valence-corrected chi connectivity index (χ4v) is 3.90. The van der Waals surface area contributed by atoms with Crippen LogP contribution in [0.5, 0.6) is 0 Å². The topological polar surface area (TPSA) is 71.3 Å². The van der Waals surface area contributed by atoms with Gasteiger partial charge in [0.2, 0.25) is 5.89 Å². The number of nitrogens with zero attached hydrogens (tertiary/aromatic N) is 4. The molecular weight excluding hydrogens is 420 g/mol. The predicted molar refractivity (Wildman–Crippen MR) is 116 cm³/mol. The van der Waals surface area contributed by atoms with Crippen molar-refractivity contribution in [2.24, 2.45) is 0 Å². The number of hydrogen-bond acceptors (Lipinski definition) is 7. The van der Waals surface area contributed by atoms with Gasteiger partial charge in [-0.05, 0) is 17.7 Å². The highest BCUT2D eigenvalue weighted by Crippen LogP contribution is 2.15. The molecule has 2 saturated heterocycles. The molecule has 0 spiro atoms. The van der Waals surface area contributed by atoms with E-state index in [4.69, 9.17) is 25.5 Å². The van der Waals surface area contributed by atoms with Crippen molar-refractivity contribution in [2.75, 3.05) is 65.7 Å². The lowest BCUT2D eigenvalue weighted by Gasteiger charge is -2.29. The van der Waals surface area contributed by atoms with Gasteiger partial charge in [0.05, 0.1) is 33.0 Å². The first-order valence-electron chi connectivity index (χ1n) is 10.8. The van der Waals surface area contributed by atoms with Gasteiger partial charge in [0.15, 0.2) is 5.69 Å². The molecule has 0 saturated carbocycles. The number of carbonyl (C=O) groups excluding carboxylic acids is 1. The summed E-state index contributed by atoms with van der Waals surface area (Å²) in [5.74, 6) is 0.448. The number of hydrogen-bond donors (Lipinski definition) is 0. The summed E-state index contributed by atoms with van der Waals surface area (Å²) in [6.45, 7) is 8.84. The summed E-state index contributed by atoms with van der Waals surface area (Å²) < 4.78 is 16.4. The van der Waals surface area contributed by atoms with E-state index in [1.807, 2.05) is 24.3 Å². The third-order valence-electron chi connectivity index (χ3n) is 5.58. The second kappa shape index (κ2) is 11.1. The molecule has 0 N–H and O–H groups in total. The highest BCUT2D eigenvalue weighted by Gasteiger charge is 2.22. The highest BCUT2D eigenvalue weighted by atomic mass is 35.5. The Hall–Kier alpha value is -1.97. The third kappa shape index (κ3) is 6.51. The lowest BCUT2D eigenvalue weighted by Crippen LogP contribution is -2.41. The number of oxazole rings is 1. The average molecular weight is 449 g/mol. The maximum absolute atomic E-state index is 12.7. The Morgan fingerprint density at radius 2 is 1.68 bits per heavy atom. The zero-order valence-corrected chi connectivity index (χ0v) is 18.4. The van der Waals surface area contributed by atoms with E-state index >= 15 is 0 Å². The van der Waals surface area contributed by atoms with Gasteiger partial charge in [-0.3, -0.25) is 14.6 Å². The van der Waals surface area contributed by atoms with Crippen LogP contribution in [0.2, 0.25) is 5.02 Å². The molecule has 31 heavy (non-hydrogen) atoms. The van der Waals surface area contributed by atoms with Crippen molar-refractivity contribution in [3.8, 4) is 0 Å². The Labute approximate surface area is 187 Å². The first-order valence-corrected chi connectivity index (χ1v) is 11.1. The first-order chi connectivity index (χ1) is 15.2. The Morgan fingerprint density at radius 1 is 1.00 bits per heavy atom. The van der Waals surface area contributed by atoms with Crippen LogP contribution in [-0.4, -0.2) is 91.3 Å². The van der Waals surface area contributed by atoms with Crippen LogP contribution >= 0.6 is 11.6 Å². The van der Waals surface area contributed by atoms with Gasteiger partial charge in [-0.15, -0.1) is 0 Å². The molecule has 9 heteroatoms. The number of benzene rings is 1. The molecule has 2 fully saturated rings. The van der Waals surface area contributed by atoms with Crippen LogP contribution in [0, 0.1) is 0 Å². The molecule has 3 heterocycles. The molecule has 1 aromatic carbocycles. The summed E-state index contributed by atoms with van der Waals surface area (Å²) in [7, 11) is 0. The second-order valence-corrected chi connectivity index (χ2v) is 8.26. The predicted octanol–water partition coefficient (Wildman–Crippen LogP) is 2.13. The smallest absolute Gasteiger partial charge is 0.275 e. The Balaban J connectivity index is 1.39. The second-order valence-electron chi connectivity index (χ2n) is 7.82. The maximum Gasteiger partial charge on any atom is 0.275 e. The minimum Gasteiger partial charge on any atom is -0.447 e. The molecule has 2 aliphatic rings. The van der Waals surface area contributed by atoms with Crippen LogP contribution in [0.25, 0.3) is 0 Å². The van der Waals surface area contributed by atoms with Gasteiger partial charge in [0, 0.05) is 50.8 Å². The molecule has 2 aliphatic heterocycles. The molecule has 0 radical (unpaired) electrons. The van der Waals surface area contributed by atoms with Gasteiger partial charge in [-0.1, -0.05) is 23.7 Å². The van der Waals surface area contributed by atoms with Gasteiger partial charge >= 0.3 is 0 Å². The molecule has 8 nitrogen and oxygen atoms in total. The largest absolute Gasteiger partial charge is 0.447 e. The normalized spacial score (nSPS) is 17.9. The maximum atomic E-state index is 12.7. The minimum absolute atomic E-state index is 0.101. The van der Waals surface area contributed by atoms with Crippen molar-refractivity contribution in [3.05, 3.63) is 52.7 Å². The van der Waals surface area contributed by atoms with Gasteiger partial charge in [-0.2, -0.15) is 0 Å². The molecular formula is C22H29ClN4O4. The number of ether oxygens (including phenoxy) is 2. The average Bonchev–Trinajstić information content (AvgIpc) is 3.28. The van der Waals surface area contributed by atoms with E-state index in [2.05, 4.69) is 14.8 Å². The van der Waals surface area contributed by atoms with Crippen LogP contribution in [-0.2, 0) is 22.6 Å². The standard InChI is InChI=1S/C22H29ClN4O4/c23-19-3-1-18(2-4-19)15-26(6-5-25-7-11-29-12-8-25)16-21-24-20(17-31-21)22(28)27-9-13-30-14-10-27/h1-4,17H,5-16H2. The fourth-order valence-electron chi connectivity index (χ4n) is 3.77. The van der Waals surface area contributed by atoms with Crippen molar-refractivity contribution < 1.29 is 18.7 Å². The molecule has 0 aliphatic carbocycles. The Kier molecular flexibility index (Phi) is 7.93.